The lowest BCUT2D eigenvalue weighted by molar-refractivity contribution is 0.112. The van der Waals surface area contributed by atoms with Crippen LogP contribution in [0.1, 0.15) is 21.6 Å². The minimum atomic E-state index is -0.257. The number of carbonyl (C=O) groups excluding carboxylic acids is 1. The zero-order valence-corrected chi connectivity index (χ0v) is 10.1. The minimum Gasteiger partial charge on any atom is -0.347 e. The fourth-order valence-electron chi connectivity index (χ4n) is 2.19. The maximum absolute atomic E-state index is 12.9. The molecule has 0 spiro atoms. The number of halogens is 1. The summed E-state index contributed by atoms with van der Waals surface area (Å²) in [6.07, 6.45) is 0.873. The molecule has 0 N–H and O–H groups in total. The standard InChI is InChI=1S/C14H14FNO/c1-9-13(8-17)10(2)16(3)14(9)11-4-6-12(15)7-5-11/h4-8H,1-3H3. The van der Waals surface area contributed by atoms with Gasteiger partial charge in [0.1, 0.15) is 5.82 Å². The molecule has 0 atom stereocenters. The highest BCUT2D eigenvalue weighted by atomic mass is 19.1. The van der Waals surface area contributed by atoms with Gasteiger partial charge in [0.25, 0.3) is 0 Å². The molecule has 0 fully saturated rings. The van der Waals surface area contributed by atoms with Gasteiger partial charge in [-0.3, -0.25) is 4.79 Å². The number of hydrogen-bond donors (Lipinski definition) is 0. The molecule has 1 aromatic heterocycles. The van der Waals surface area contributed by atoms with Crippen LogP contribution in [-0.2, 0) is 7.05 Å². The van der Waals surface area contributed by atoms with Crippen molar-refractivity contribution in [1.82, 2.24) is 4.57 Å². The number of carbonyl (C=O) groups is 1. The molecule has 0 aliphatic carbocycles. The number of aldehydes is 1. The largest absolute Gasteiger partial charge is 0.347 e. The first-order chi connectivity index (χ1) is 8.06. The van der Waals surface area contributed by atoms with Gasteiger partial charge in [-0.15, -0.1) is 0 Å². The van der Waals surface area contributed by atoms with E-state index in [0.717, 1.165) is 28.8 Å². The molecule has 88 valence electrons. The molecule has 0 radical (unpaired) electrons. The number of nitrogens with zero attached hydrogens (tertiary/aromatic N) is 1. The fraction of sp³-hybridized carbons (Fsp3) is 0.214. The molecule has 0 amide bonds. The van der Waals surface area contributed by atoms with E-state index in [2.05, 4.69) is 0 Å². The summed E-state index contributed by atoms with van der Waals surface area (Å²) >= 11 is 0. The van der Waals surface area contributed by atoms with Crippen LogP contribution in [0.3, 0.4) is 0 Å². The average Bonchev–Trinajstić information content (AvgIpc) is 2.52. The van der Waals surface area contributed by atoms with E-state index in [1.807, 2.05) is 25.5 Å². The molecule has 2 rings (SSSR count). The summed E-state index contributed by atoms with van der Waals surface area (Å²) in [4.78, 5) is 11.0. The van der Waals surface area contributed by atoms with E-state index in [9.17, 15) is 9.18 Å². The zero-order chi connectivity index (χ0) is 12.6. The van der Waals surface area contributed by atoms with Crippen molar-refractivity contribution in [3.05, 3.63) is 46.9 Å². The van der Waals surface area contributed by atoms with Gasteiger partial charge < -0.3 is 4.57 Å². The molecular formula is C14H14FNO. The predicted molar refractivity (Wildman–Crippen MR) is 65.7 cm³/mol. The second-order valence-corrected chi connectivity index (χ2v) is 4.16. The first kappa shape index (κ1) is 11.6. The Hall–Kier alpha value is -1.90. The van der Waals surface area contributed by atoms with Crippen LogP contribution in [0.15, 0.2) is 24.3 Å². The highest BCUT2D eigenvalue weighted by molar-refractivity contribution is 5.84. The van der Waals surface area contributed by atoms with Crippen LogP contribution in [0, 0.1) is 19.7 Å². The molecule has 2 aromatic rings. The quantitative estimate of drug-likeness (QED) is 0.727. The lowest BCUT2D eigenvalue weighted by atomic mass is 10.1. The Morgan fingerprint density at radius 3 is 2.24 bits per heavy atom. The number of aromatic nitrogens is 1. The van der Waals surface area contributed by atoms with Gasteiger partial charge in [0, 0.05) is 18.3 Å². The van der Waals surface area contributed by atoms with Crippen LogP contribution < -0.4 is 0 Å². The summed E-state index contributed by atoms with van der Waals surface area (Å²) in [6, 6.07) is 6.31. The van der Waals surface area contributed by atoms with Crippen molar-refractivity contribution in [3.63, 3.8) is 0 Å². The van der Waals surface area contributed by atoms with Crippen molar-refractivity contribution in [3.8, 4) is 11.3 Å². The zero-order valence-electron chi connectivity index (χ0n) is 10.1. The van der Waals surface area contributed by atoms with E-state index in [1.165, 1.54) is 12.1 Å². The van der Waals surface area contributed by atoms with Gasteiger partial charge in [0.05, 0.1) is 5.69 Å². The minimum absolute atomic E-state index is 0.257. The Morgan fingerprint density at radius 2 is 1.76 bits per heavy atom. The maximum atomic E-state index is 12.9. The molecule has 0 saturated heterocycles. The predicted octanol–water partition coefficient (Wildman–Crippen LogP) is 3.26. The number of hydrogen-bond acceptors (Lipinski definition) is 1. The molecule has 0 aliphatic heterocycles. The summed E-state index contributed by atoms with van der Waals surface area (Å²) in [6.45, 7) is 3.82. The molecule has 0 unspecified atom stereocenters. The van der Waals surface area contributed by atoms with Crippen molar-refractivity contribution >= 4 is 6.29 Å². The van der Waals surface area contributed by atoms with Gasteiger partial charge >= 0.3 is 0 Å². The van der Waals surface area contributed by atoms with Gasteiger partial charge in [-0.1, -0.05) is 0 Å². The molecular weight excluding hydrogens is 217 g/mol. The molecule has 3 heteroatoms. The topological polar surface area (TPSA) is 22.0 Å². The molecule has 0 saturated carbocycles. The lowest BCUT2D eigenvalue weighted by Gasteiger charge is -2.06. The molecule has 17 heavy (non-hydrogen) atoms. The second-order valence-electron chi connectivity index (χ2n) is 4.16. The van der Waals surface area contributed by atoms with E-state index < -0.39 is 0 Å². The Kier molecular flexibility index (Phi) is 2.84. The van der Waals surface area contributed by atoms with Gasteiger partial charge in [-0.2, -0.15) is 0 Å². The van der Waals surface area contributed by atoms with Crippen LogP contribution in [0.2, 0.25) is 0 Å². The monoisotopic (exact) mass is 231 g/mol. The van der Waals surface area contributed by atoms with Crippen molar-refractivity contribution in [2.24, 2.45) is 7.05 Å². The number of rotatable bonds is 2. The first-order valence-corrected chi connectivity index (χ1v) is 5.43. The molecule has 1 aromatic carbocycles. The van der Waals surface area contributed by atoms with E-state index >= 15 is 0 Å². The SMILES string of the molecule is Cc1c(C=O)c(C)n(C)c1-c1ccc(F)cc1. The average molecular weight is 231 g/mol. The van der Waals surface area contributed by atoms with E-state index in [-0.39, 0.29) is 5.82 Å². The van der Waals surface area contributed by atoms with Crippen molar-refractivity contribution in [2.75, 3.05) is 0 Å². The second kappa shape index (κ2) is 4.17. The summed E-state index contributed by atoms with van der Waals surface area (Å²) in [5.41, 5.74) is 4.46. The van der Waals surface area contributed by atoms with Crippen molar-refractivity contribution < 1.29 is 9.18 Å². The Labute approximate surface area is 99.7 Å². The molecule has 0 aliphatic rings. The van der Waals surface area contributed by atoms with Gasteiger partial charge in [0.2, 0.25) is 0 Å². The molecule has 0 bridgehead atoms. The lowest BCUT2D eigenvalue weighted by Crippen LogP contribution is -1.95. The number of benzene rings is 1. The highest BCUT2D eigenvalue weighted by Gasteiger charge is 2.15. The van der Waals surface area contributed by atoms with Gasteiger partial charge in [-0.25, -0.2) is 4.39 Å². The Morgan fingerprint density at radius 1 is 1.18 bits per heavy atom. The highest BCUT2D eigenvalue weighted by Crippen LogP contribution is 2.29. The van der Waals surface area contributed by atoms with Crippen LogP contribution in [0.4, 0.5) is 4.39 Å². The smallest absolute Gasteiger partial charge is 0.152 e. The summed E-state index contributed by atoms with van der Waals surface area (Å²) in [5.74, 6) is -0.257. The van der Waals surface area contributed by atoms with Gasteiger partial charge in [-0.05, 0) is 49.2 Å². The summed E-state index contributed by atoms with van der Waals surface area (Å²) in [7, 11) is 1.91. The first-order valence-electron chi connectivity index (χ1n) is 5.43. The Balaban J connectivity index is 2.67. The van der Waals surface area contributed by atoms with Gasteiger partial charge in [0.15, 0.2) is 6.29 Å². The summed E-state index contributed by atoms with van der Waals surface area (Å²) < 4.78 is 14.9. The normalized spacial score (nSPS) is 10.6. The molecule has 1 heterocycles. The van der Waals surface area contributed by atoms with E-state index in [1.54, 1.807) is 12.1 Å². The third-order valence-corrected chi connectivity index (χ3v) is 3.22. The fourth-order valence-corrected chi connectivity index (χ4v) is 2.19. The maximum Gasteiger partial charge on any atom is 0.152 e. The Bertz CT molecular complexity index is 567. The third-order valence-electron chi connectivity index (χ3n) is 3.22. The van der Waals surface area contributed by atoms with Crippen LogP contribution in [-0.4, -0.2) is 10.9 Å². The molecule has 2 nitrogen and oxygen atoms in total. The van der Waals surface area contributed by atoms with Crippen LogP contribution in [0.5, 0.6) is 0 Å². The summed E-state index contributed by atoms with van der Waals surface area (Å²) in [5, 5.41) is 0. The van der Waals surface area contributed by atoms with Crippen molar-refractivity contribution in [2.45, 2.75) is 13.8 Å². The third kappa shape index (κ3) is 1.78. The van der Waals surface area contributed by atoms with E-state index in [4.69, 9.17) is 0 Å². The van der Waals surface area contributed by atoms with Crippen LogP contribution in [0.25, 0.3) is 11.3 Å². The van der Waals surface area contributed by atoms with Crippen molar-refractivity contribution in [1.29, 1.82) is 0 Å². The van der Waals surface area contributed by atoms with Crippen LogP contribution >= 0.6 is 0 Å². The van der Waals surface area contributed by atoms with E-state index in [0.29, 0.717) is 5.56 Å².